The van der Waals surface area contributed by atoms with Crippen LogP contribution in [-0.2, 0) is 110 Å². The first-order chi connectivity index (χ1) is 66.3. The van der Waals surface area contributed by atoms with Gasteiger partial charge in [0.05, 0.1) is 60.9 Å². The number of Topliss-reactive ketones (excluding diaryl/α,β-unsaturated/α-hetero) is 1. The molecule has 9 amide bonds. The molecule has 37 nitrogen and oxygen atoms in total. The molecule has 139 heavy (non-hydrogen) atoms. The molecule has 2 saturated heterocycles. The zero-order valence-corrected chi connectivity index (χ0v) is 79.7. The summed E-state index contributed by atoms with van der Waals surface area (Å²) in [6.07, 6.45) is -15.7. The normalized spacial score (nSPS) is 26.4. The Morgan fingerprint density at radius 2 is 1.23 bits per heavy atom. The van der Waals surface area contributed by atoms with Crippen LogP contribution in [0, 0.1) is 16.7 Å². The number of fused-ring (bicyclic) bond motifs is 6. The topological polar surface area (TPSA) is 563 Å². The van der Waals surface area contributed by atoms with E-state index < -0.39 is 264 Å². The molecule has 5 aliphatic rings. The molecule has 6 aromatic carbocycles. The summed E-state index contributed by atoms with van der Waals surface area (Å²) in [5.74, 6) is -18.1. The van der Waals surface area contributed by atoms with Gasteiger partial charge in [-0.05, 0) is 117 Å². The maximum Gasteiger partial charge on any atom is 0.350 e. The maximum absolute atomic E-state index is 16.2. The van der Waals surface area contributed by atoms with Gasteiger partial charge in [-0.3, -0.25) is 62.3 Å². The number of aromatic amines is 1. The van der Waals surface area contributed by atoms with Crippen LogP contribution in [0.5, 0.6) is 0 Å². The molecule has 17 N–H and O–H groups in total. The third kappa shape index (κ3) is 24.8. The first-order valence-electron chi connectivity index (χ1n) is 46.0. The third-order valence-corrected chi connectivity index (χ3v) is 28.8. The van der Waals surface area contributed by atoms with E-state index in [9.17, 15) is 63.9 Å². The molecule has 742 valence electrons. The molecule has 1 aromatic heterocycles. The number of ketones is 1. The average Bonchev–Trinajstić information content (AvgIpc) is 1.66. The van der Waals surface area contributed by atoms with Crippen LogP contribution >= 0.6 is 21.6 Å². The number of aromatic nitrogens is 1. The Morgan fingerprint density at radius 3 is 1.84 bits per heavy atom. The first kappa shape index (κ1) is 105. The Morgan fingerprint density at radius 1 is 0.640 bits per heavy atom. The third-order valence-electron chi connectivity index (χ3n) is 26.4. The first-order valence-corrected chi connectivity index (χ1v) is 48.5. The minimum absolute atomic E-state index is 0.0296. The zero-order valence-electron chi connectivity index (χ0n) is 78.0. The molecule has 0 spiro atoms. The highest BCUT2D eigenvalue weighted by Gasteiger charge is 2.78. The molecular formula is C100H119N11O26S2. The number of aliphatic hydroxyl groups is 5. The van der Waals surface area contributed by atoms with Crippen LogP contribution in [0.3, 0.4) is 0 Å². The zero-order chi connectivity index (χ0) is 100. The number of rotatable bonds is 32. The Hall–Kier alpha value is -12.7. The summed E-state index contributed by atoms with van der Waals surface area (Å²) in [6.45, 7) is 9.23. The van der Waals surface area contributed by atoms with Gasteiger partial charge in [0.25, 0.3) is 5.91 Å². The summed E-state index contributed by atoms with van der Waals surface area (Å²) in [7, 11) is 1.72. The van der Waals surface area contributed by atoms with Crippen molar-refractivity contribution < 1.29 is 126 Å². The van der Waals surface area contributed by atoms with Crippen molar-refractivity contribution in [3.8, 4) is 0 Å². The molecule has 2 saturated carbocycles. The molecule has 2 bridgehead atoms. The monoisotopic (exact) mass is 1950 g/mol. The second-order valence-corrected chi connectivity index (χ2v) is 38.9. The van der Waals surface area contributed by atoms with Gasteiger partial charge < -0.3 is 113 Å². The summed E-state index contributed by atoms with van der Waals surface area (Å²) < 4.78 is 37.6. The Balaban J connectivity index is 0.881. The van der Waals surface area contributed by atoms with Gasteiger partial charge in [-0.1, -0.05) is 181 Å². The largest absolute Gasteiger partial charge is 0.455 e. The molecule has 3 heterocycles. The molecule has 0 unspecified atom stereocenters. The molecule has 7 aromatic rings. The molecule has 39 heteroatoms. The molecule has 12 rings (SSSR count). The summed E-state index contributed by atoms with van der Waals surface area (Å²) in [6, 6.07) is 32.3. The summed E-state index contributed by atoms with van der Waals surface area (Å²) in [5, 5.41) is 83.8. The van der Waals surface area contributed by atoms with E-state index in [4.69, 9.17) is 34.2 Å². The minimum Gasteiger partial charge on any atom is -0.455 e. The van der Waals surface area contributed by atoms with E-state index in [-0.39, 0.29) is 72.9 Å². The van der Waals surface area contributed by atoms with E-state index in [1.54, 1.807) is 134 Å². The predicted molar refractivity (Wildman–Crippen MR) is 507 cm³/mol. The fourth-order valence-electron chi connectivity index (χ4n) is 18.8. The number of aliphatic hydroxyl groups excluding tert-OH is 4. The summed E-state index contributed by atoms with van der Waals surface area (Å²) in [5.41, 5.74) is -0.842. The van der Waals surface area contributed by atoms with Crippen molar-refractivity contribution in [2.24, 2.45) is 22.5 Å². The summed E-state index contributed by atoms with van der Waals surface area (Å²) >= 11 is 0. The van der Waals surface area contributed by atoms with E-state index in [1.165, 1.54) is 90.1 Å². The van der Waals surface area contributed by atoms with Gasteiger partial charge in [0.2, 0.25) is 53.4 Å². The quantitative estimate of drug-likeness (QED) is 0.00944. The van der Waals surface area contributed by atoms with Gasteiger partial charge in [0.1, 0.15) is 72.2 Å². The second kappa shape index (κ2) is 46.8. The standard InChI is InChI=1S/C100H119N11O26S2/c1-54-74(48-100(131)86(136-95(129)63-36-22-13-23-37-63)84-98(8,75(117)47-76-99(84,53-132-76)137-58(5)116)85(120)82(133-57(4)115)79(54)97(100,6)7)134-96(130)83(81(61-32-18-11-19-33-61)111-87(121)62-34-20-12-21-35-62)135-78(119)42-41-77(118)103-68(44-59-28-14-9-15-29-59)89(123)108-72-51-138-139-52-73(93(127)107-71(50-112)55(2)113)109-94(128)80(56(3)114)110-88(122)67(40-26-27-43-101)104-91(125)70(46-64-49-102-66-39-25-24-38-65(64)66)106-90(124)69(105-92(72)126)45-60-30-16-10-17-31-60/h9-25,28-39,49,55-56,67-76,80-84,86,102,112-114,117,131H,26-27,40-48,50-53,101H2,1-8H3,(H,103,118)(H,104,125)(H,105,126)(H,106,124)(H,107,127)(H,108,123)(H,109,128)(H,110,122)(H,111,121)/t55-,56-,67+,68-,69+,70-,71-,72+,73+,74+,75+,76-,80+,81+,82-,83-,84+,86+,98-,99+,100-/m1/s1. The fraction of sp³-hybridized carbons (Fsp3) is 0.450. The van der Waals surface area contributed by atoms with Crippen LogP contribution in [0.4, 0.5) is 0 Å². The van der Waals surface area contributed by atoms with E-state index in [0.717, 1.165) is 35.4 Å². The average molecular weight is 1960 g/mol. The second-order valence-electron chi connectivity index (χ2n) is 36.3. The lowest BCUT2D eigenvalue weighted by Crippen LogP contribution is -2.82. The van der Waals surface area contributed by atoms with Crippen molar-refractivity contribution in [3.05, 3.63) is 227 Å². The van der Waals surface area contributed by atoms with E-state index in [1.807, 2.05) is 0 Å². The number of hydrogen-bond donors (Lipinski definition) is 16. The number of esters is 5. The van der Waals surface area contributed by atoms with E-state index >= 15 is 33.6 Å². The lowest BCUT2D eigenvalue weighted by atomic mass is 9.44. The number of benzene rings is 6. The number of carbonyl (C=O) groups is 15. The molecule has 4 fully saturated rings. The smallest absolute Gasteiger partial charge is 0.350 e. The van der Waals surface area contributed by atoms with Crippen LogP contribution in [0.1, 0.15) is 149 Å². The molecule has 3 aliphatic carbocycles. The van der Waals surface area contributed by atoms with Gasteiger partial charge in [-0.2, -0.15) is 0 Å². The van der Waals surface area contributed by atoms with Crippen LogP contribution in [0.25, 0.3) is 10.9 Å². The number of ether oxygens (including phenoxy) is 6. The van der Waals surface area contributed by atoms with Gasteiger partial charge >= 0.3 is 29.8 Å². The van der Waals surface area contributed by atoms with Crippen molar-refractivity contribution in [1.29, 1.82) is 0 Å². The molecular weight excluding hydrogens is 1840 g/mol. The van der Waals surface area contributed by atoms with E-state index in [2.05, 4.69) is 52.8 Å². The lowest BCUT2D eigenvalue weighted by molar-refractivity contribution is -0.346. The van der Waals surface area contributed by atoms with Crippen LogP contribution < -0.4 is 53.6 Å². The minimum atomic E-state index is -2.67. The SMILES string of the molecule is CC(=O)O[C@H]1C(=O)[C@@]2(C)[C@H]([C@H](OC(=O)c3ccccc3)[C@]3(O)C[C@H](OC(=O)[C@H](OC(=O)CCC(=O)N[C@H](Cc4ccccc4)C(=O)N[C@H]4CSSC[C@@H](C(=O)N[C@H](CO)[C@@H](C)O)NC(=O)[C@H]([C@@H](C)O)NC(=O)[C@H](CCCCN)NC(=O)[C@@H](Cc5c[nH]c6ccccc56)NC(=O)[C@H](Cc5ccccc5)NC4=O)[C@@H](NC(=O)c4ccccc4)c4ccccc4)C(C)=C1C3(C)C)[C@]1(OC(C)=O)CO[C@@H]1C[C@@H]2O. The number of amides is 9. The number of hydrogen-bond acceptors (Lipinski definition) is 29. The van der Waals surface area contributed by atoms with Gasteiger partial charge in [-0.25, -0.2) is 9.59 Å². The van der Waals surface area contributed by atoms with Crippen LogP contribution in [0.2, 0.25) is 0 Å². The van der Waals surface area contributed by atoms with Gasteiger partial charge in [0.15, 0.2) is 17.5 Å². The van der Waals surface area contributed by atoms with Crippen molar-refractivity contribution >= 4 is 121 Å². The van der Waals surface area contributed by atoms with Crippen molar-refractivity contribution in [2.45, 2.75) is 234 Å². The molecule has 0 radical (unpaired) electrons. The predicted octanol–water partition coefficient (Wildman–Crippen LogP) is 3.43. The highest BCUT2D eigenvalue weighted by molar-refractivity contribution is 8.76. The molecule has 21 atom stereocenters. The Kier molecular flexibility index (Phi) is 35.4. The van der Waals surface area contributed by atoms with Crippen LogP contribution in [-0.4, -0.2) is 259 Å². The number of unbranched alkanes of at least 4 members (excludes halogenated alkanes) is 1. The van der Waals surface area contributed by atoms with Crippen molar-refractivity contribution in [1.82, 2.24) is 52.8 Å². The fourth-order valence-corrected chi connectivity index (χ4v) is 21.1. The van der Waals surface area contributed by atoms with Gasteiger partial charge in [0, 0.05) is 92.0 Å². The highest BCUT2D eigenvalue weighted by Crippen LogP contribution is 2.65. The highest BCUT2D eigenvalue weighted by atomic mass is 33.1. The number of nitrogens with one attached hydrogen (secondary N) is 10. The molecule has 2 aliphatic heterocycles. The summed E-state index contributed by atoms with van der Waals surface area (Å²) in [4.78, 5) is 228. The Bertz CT molecular complexity index is 5650. The Labute approximate surface area is 810 Å². The van der Waals surface area contributed by atoms with Crippen molar-refractivity contribution in [2.75, 3.05) is 31.3 Å². The van der Waals surface area contributed by atoms with Crippen LogP contribution in [0.15, 0.2) is 193 Å². The number of H-pyrrole nitrogens is 1. The van der Waals surface area contributed by atoms with Gasteiger partial charge in [-0.15, -0.1) is 0 Å². The number of carbonyl (C=O) groups excluding carboxylic acids is 15. The maximum atomic E-state index is 16.2. The van der Waals surface area contributed by atoms with E-state index in [0.29, 0.717) is 34.0 Å². The lowest BCUT2D eigenvalue weighted by Gasteiger charge is -2.67. The van der Waals surface area contributed by atoms with Crippen molar-refractivity contribution in [3.63, 3.8) is 0 Å². The number of nitrogens with two attached hydrogens (primary N) is 1. The number of para-hydroxylation sites is 1.